The summed E-state index contributed by atoms with van der Waals surface area (Å²) >= 11 is 0. The predicted octanol–water partition coefficient (Wildman–Crippen LogP) is 0.818. The lowest BCUT2D eigenvalue weighted by Gasteiger charge is -2.24. The minimum atomic E-state index is -0.444. The Kier molecular flexibility index (Phi) is 4.35. The molecular weight excluding hydrogens is 176 g/mol. The molecule has 2 unspecified atom stereocenters. The fraction of sp³-hybridized carbons (Fsp3) is 1.00. The fourth-order valence-corrected chi connectivity index (χ4v) is 2.02. The Morgan fingerprint density at radius 2 is 2.14 bits per heavy atom. The SMILES string of the molecule is CC(CN)CN1CCCC(C)(O)CC1. The molecule has 0 aromatic carbocycles. The van der Waals surface area contributed by atoms with Gasteiger partial charge in [-0.2, -0.15) is 0 Å². The van der Waals surface area contributed by atoms with Crippen LogP contribution in [0, 0.1) is 5.92 Å². The zero-order valence-corrected chi connectivity index (χ0v) is 9.50. The van der Waals surface area contributed by atoms with Crippen molar-refractivity contribution < 1.29 is 5.11 Å². The predicted molar refractivity (Wildman–Crippen MR) is 59.1 cm³/mol. The number of nitrogens with two attached hydrogens (primary N) is 1. The molecule has 0 radical (unpaired) electrons. The molecule has 0 aliphatic carbocycles. The van der Waals surface area contributed by atoms with Crippen molar-refractivity contribution in [1.82, 2.24) is 4.90 Å². The van der Waals surface area contributed by atoms with Gasteiger partial charge in [-0.05, 0) is 45.2 Å². The summed E-state index contributed by atoms with van der Waals surface area (Å²) in [5, 5.41) is 9.91. The molecule has 0 amide bonds. The average Bonchev–Trinajstić information content (AvgIpc) is 2.28. The lowest BCUT2D eigenvalue weighted by molar-refractivity contribution is 0.0443. The second-order valence-corrected chi connectivity index (χ2v) is 4.99. The van der Waals surface area contributed by atoms with Crippen molar-refractivity contribution in [2.45, 2.75) is 38.7 Å². The molecule has 14 heavy (non-hydrogen) atoms. The smallest absolute Gasteiger partial charge is 0.0632 e. The highest BCUT2D eigenvalue weighted by Gasteiger charge is 2.25. The van der Waals surface area contributed by atoms with Crippen LogP contribution in [-0.2, 0) is 0 Å². The lowest BCUT2D eigenvalue weighted by atomic mass is 9.98. The van der Waals surface area contributed by atoms with E-state index in [1.807, 2.05) is 6.92 Å². The quantitative estimate of drug-likeness (QED) is 0.709. The molecule has 3 heteroatoms. The normalized spacial score (nSPS) is 32.6. The summed E-state index contributed by atoms with van der Waals surface area (Å²) in [7, 11) is 0. The van der Waals surface area contributed by atoms with Crippen molar-refractivity contribution in [2.75, 3.05) is 26.2 Å². The molecule has 0 saturated carbocycles. The Balaban J connectivity index is 2.35. The van der Waals surface area contributed by atoms with Gasteiger partial charge in [-0.25, -0.2) is 0 Å². The minimum Gasteiger partial charge on any atom is -0.390 e. The Labute approximate surface area is 87.3 Å². The van der Waals surface area contributed by atoms with E-state index in [1.54, 1.807) is 0 Å². The summed E-state index contributed by atoms with van der Waals surface area (Å²) in [5.41, 5.74) is 5.16. The zero-order chi connectivity index (χ0) is 10.6. The highest BCUT2D eigenvalue weighted by Crippen LogP contribution is 2.21. The van der Waals surface area contributed by atoms with Gasteiger partial charge in [0.25, 0.3) is 0 Å². The maximum atomic E-state index is 9.91. The third-order valence-corrected chi connectivity index (χ3v) is 3.13. The van der Waals surface area contributed by atoms with Crippen molar-refractivity contribution in [3.05, 3.63) is 0 Å². The van der Waals surface area contributed by atoms with Crippen LogP contribution in [0.15, 0.2) is 0 Å². The Morgan fingerprint density at radius 3 is 2.79 bits per heavy atom. The van der Waals surface area contributed by atoms with Gasteiger partial charge in [-0.3, -0.25) is 0 Å². The van der Waals surface area contributed by atoms with Gasteiger partial charge in [0.05, 0.1) is 5.60 Å². The van der Waals surface area contributed by atoms with E-state index in [4.69, 9.17) is 5.73 Å². The Morgan fingerprint density at radius 1 is 1.43 bits per heavy atom. The van der Waals surface area contributed by atoms with E-state index in [0.29, 0.717) is 5.92 Å². The van der Waals surface area contributed by atoms with Crippen molar-refractivity contribution in [3.8, 4) is 0 Å². The first kappa shape index (κ1) is 12.0. The Bertz CT molecular complexity index is 171. The standard InChI is InChI=1S/C11H24N2O/c1-10(8-12)9-13-6-3-4-11(2,14)5-7-13/h10,14H,3-9,12H2,1-2H3. The molecule has 0 aromatic rings. The largest absolute Gasteiger partial charge is 0.390 e. The van der Waals surface area contributed by atoms with Crippen LogP contribution < -0.4 is 5.73 Å². The average molecular weight is 200 g/mol. The topological polar surface area (TPSA) is 49.5 Å². The number of rotatable bonds is 3. The number of nitrogens with zero attached hydrogens (tertiary/aromatic N) is 1. The third-order valence-electron chi connectivity index (χ3n) is 3.13. The number of likely N-dealkylation sites (tertiary alicyclic amines) is 1. The molecule has 1 rings (SSSR count). The van der Waals surface area contributed by atoms with Gasteiger partial charge in [0.2, 0.25) is 0 Å². The summed E-state index contributed by atoms with van der Waals surface area (Å²) in [4.78, 5) is 2.43. The van der Waals surface area contributed by atoms with Gasteiger partial charge in [0.1, 0.15) is 0 Å². The molecular formula is C11H24N2O. The molecule has 3 N–H and O–H groups in total. The number of hydrogen-bond donors (Lipinski definition) is 2. The Hall–Kier alpha value is -0.120. The van der Waals surface area contributed by atoms with E-state index < -0.39 is 5.60 Å². The number of hydrogen-bond acceptors (Lipinski definition) is 3. The lowest BCUT2D eigenvalue weighted by Crippen LogP contribution is -2.33. The van der Waals surface area contributed by atoms with Crippen LogP contribution in [0.5, 0.6) is 0 Å². The maximum Gasteiger partial charge on any atom is 0.0632 e. The molecule has 1 aliphatic heterocycles. The molecule has 1 fully saturated rings. The van der Waals surface area contributed by atoms with E-state index in [1.165, 1.54) is 0 Å². The maximum absolute atomic E-state index is 9.91. The third kappa shape index (κ3) is 3.95. The minimum absolute atomic E-state index is 0.444. The van der Waals surface area contributed by atoms with Crippen molar-refractivity contribution >= 4 is 0 Å². The first-order chi connectivity index (χ1) is 6.53. The molecule has 1 aliphatic rings. The van der Waals surface area contributed by atoms with Crippen LogP contribution >= 0.6 is 0 Å². The first-order valence-electron chi connectivity index (χ1n) is 5.68. The summed E-state index contributed by atoms with van der Waals surface area (Å²) in [6.45, 7) is 8.09. The van der Waals surface area contributed by atoms with Crippen LogP contribution in [0.3, 0.4) is 0 Å². The first-order valence-corrected chi connectivity index (χ1v) is 5.68. The van der Waals surface area contributed by atoms with Gasteiger partial charge in [0, 0.05) is 13.1 Å². The monoisotopic (exact) mass is 200 g/mol. The second kappa shape index (κ2) is 5.10. The summed E-state index contributed by atoms with van der Waals surface area (Å²) in [6, 6.07) is 0. The number of aliphatic hydroxyl groups is 1. The van der Waals surface area contributed by atoms with Gasteiger partial charge < -0.3 is 15.7 Å². The van der Waals surface area contributed by atoms with E-state index in [2.05, 4.69) is 11.8 Å². The molecule has 0 spiro atoms. The van der Waals surface area contributed by atoms with Crippen LogP contribution in [0.2, 0.25) is 0 Å². The molecule has 0 aromatic heterocycles. The summed E-state index contributed by atoms with van der Waals surface area (Å²) in [6.07, 6.45) is 2.93. The zero-order valence-electron chi connectivity index (χ0n) is 9.50. The molecule has 2 atom stereocenters. The van der Waals surface area contributed by atoms with Crippen LogP contribution in [0.1, 0.15) is 33.1 Å². The van der Waals surface area contributed by atoms with Crippen LogP contribution in [-0.4, -0.2) is 41.8 Å². The van der Waals surface area contributed by atoms with E-state index >= 15 is 0 Å². The van der Waals surface area contributed by atoms with Gasteiger partial charge in [-0.1, -0.05) is 6.92 Å². The van der Waals surface area contributed by atoms with Crippen LogP contribution in [0.4, 0.5) is 0 Å². The molecule has 3 nitrogen and oxygen atoms in total. The summed E-state index contributed by atoms with van der Waals surface area (Å²) < 4.78 is 0. The van der Waals surface area contributed by atoms with E-state index in [-0.39, 0.29) is 0 Å². The van der Waals surface area contributed by atoms with Gasteiger partial charge in [-0.15, -0.1) is 0 Å². The van der Waals surface area contributed by atoms with E-state index in [9.17, 15) is 5.11 Å². The second-order valence-electron chi connectivity index (χ2n) is 4.99. The van der Waals surface area contributed by atoms with Gasteiger partial charge >= 0.3 is 0 Å². The molecule has 0 bridgehead atoms. The van der Waals surface area contributed by atoms with Crippen molar-refractivity contribution in [1.29, 1.82) is 0 Å². The highest BCUT2D eigenvalue weighted by atomic mass is 16.3. The molecule has 1 heterocycles. The highest BCUT2D eigenvalue weighted by molar-refractivity contribution is 4.79. The summed E-state index contributed by atoms with van der Waals surface area (Å²) in [5.74, 6) is 0.568. The fourth-order valence-electron chi connectivity index (χ4n) is 2.02. The van der Waals surface area contributed by atoms with Crippen LogP contribution in [0.25, 0.3) is 0 Å². The molecule has 1 saturated heterocycles. The van der Waals surface area contributed by atoms with E-state index in [0.717, 1.165) is 45.4 Å². The molecule has 84 valence electrons. The van der Waals surface area contributed by atoms with Crippen molar-refractivity contribution in [2.24, 2.45) is 11.7 Å². The van der Waals surface area contributed by atoms with Gasteiger partial charge in [0.15, 0.2) is 0 Å². The van der Waals surface area contributed by atoms with Crippen molar-refractivity contribution in [3.63, 3.8) is 0 Å².